The Hall–Kier alpha value is -3.23. The molecule has 7 nitrogen and oxygen atoms in total. The van der Waals surface area contributed by atoms with Gasteiger partial charge in [-0.3, -0.25) is 19.7 Å². The van der Waals surface area contributed by atoms with E-state index in [1.165, 1.54) is 15.9 Å². The lowest BCUT2D eigenvalue weighted by atomic mass is 10.1. The van der Waals surface area contributed by atoms with E-state index in [-0.39, 0.29) is 5.91 Å². The fraction of sp³-hybridized carbons (Fsp3) is 0.100. The number of fused-ring (bicyclic) bond motifs is 1. The standard InChI is InChI=1S/C20H15ClN4O3S/c1-2-25-16-8-5-12(9-14(16)22-18(27)19(25)28)17(26)24-20-23-15(10-29-20)11-3-6-13(21)7-4-11/h3-10H,2H2,1H3,(H,22,27)(H,23,24,26). The zero-order valence-electron chi connectivity index (χ0n) is 15.2. The number of hydrogen-bond acceptors (Lipinski definition) is 5. The summed E-state index contributed by atoms with van der Waals surface area (Å²) in [4.78, 5) is 43.4. The Morgan fingerprint density at radius 2 is 1.97 bits per heavy atom. The molecule has 1 amide bonds. The number of aryl methyl sites for hydroxylation is 1. The summed E-state index contributed by atoms with van der Waals surface area (Å²) in [6, 6.07) is 12.1. The Bertz CT molecular complexity index is 1340. The zero-order chi connectivity index (χ0) is 20.5. The highest BCUT2D eigenvalue weighted by Gasteiger charge is 2.13. The van der Waals surface area contributed by atoms with Crippen LogP contribution in [0.25, 0.3) is 22.3 Å². The molecule has 0 aliphatic rings. The molecule has 0 bridgehead atoms. The summed E-state index contributed by atoms with van der Waals surface area (Å²) in [7, 11) is 0. The number of nitrogens with one attached hydrogen (secondary N) is 2. The highest BCUT2D eigenvalue weighted by atomic mass is 35.5. The van der Waals surface area contributed by atoms with Gasteiger partial charge >= 0.3 is 11.1 Å². The van der Waals surface area contributed by atoms with Crippen molar-refractivity contribution in [1.29, 1.82) is 0 Å². The van der Waals surface area contributed by atoms with Gasteiger partial charge in [-0.05, 0) is 37.3 Å². The van der Waals surface area contributed by atoms with Crippen molar-refractivity contribution in [2.24, 2.45) is 0 Å². The average molecular weight is 427 g/mol. The lowest BCUT2D eigenvalue weighted by Crippen LogP contribution is -2.36. The SMILES string of the molecule is CCn1c(=O)c(=O)[nH]c2cc(C(=O)Nc3nc(-c4ccc(Cl)cc4)cs3)ccc21. The second-order valence-electron chi connectivity index (χ2n) is 6.23. The first-order valence-electron chi connectivity index (χ1n) is 8.76. The van der Waals surface area contributed by atoms with Gasteiger partial charge in [0.1, 0.15) is 0 Å². The molecule has 0 radical (unpaired) electrons. The third-order valence-electron chi connectivity index (χ3n) is 4.42. The van der Waals surface area contributed by atoms with Gasteiger partial charge in [0.05, 0.1) is 16.7 Å². The molecule has 0 unspecified atom stereocenters. The van der Waals surface area contributed by atoms with Crippen molar-refractivity contribution in [3.8, 4) is 11.3 Å². The number of carbonyl (C=O) groups is 1. The monoisotopic (exact) mass is 426 g/mol. The fourth-order valence-corrected chi connectivity index (χ4v) is 3.83. The number of nitrogens with zero attached hydrogens (tertiary/aromatic N) is 2. The normalized spacial score (nSPS) is 11.0. The van der Waals surface area contributed by atoms with Crippen LogP contribution in [-0.2, 0) is 6.54 Å². The van der Waals surface area contributed by atoms with Crippen molar-refractivity contribution < 1.29 is 4.79 Å². The first kappa shape index (κ1) is 19.1. The maximum atomic E-state index is 12.6. The molecule has 0 saturated carbocycles. The molecule has 2 heterocycles. The minimum Gasteiger partial charge on any atom is -0.316 e. The number of rotatable bonds is 4. The Morgan fingerprint density at radius 1 is 1.21 bits per heavy atom. The van der Waals surface area contributed by atoms with Crippen molar-refractivity contribution >= 4 is 45.0 Å². The largest absolute Gasteiger partial charge is 0.316 e. The van der Waals surface area contributed by atoms with Crippen molar-refractivity contribution in [2.45, 2.75) is 13.5 Å². The van der Waals surface area contributed by atoms with E-state index in [0.29, 0.717) is 33.3 Å². The van der Waals surface area contributed by atoms with Gasteiger partial charge in [-0.1, -0.05) is 23.7 Å². The molecule has 0 spiro atoms. The summed E-state index contributed by atoms with van der Waals surface area (Å²) in [6.45, 7) is 2.14. The number of aromatic amines is 1. The van der Waals surface area contributed by atoms with E-state index in [1.54, 1.807) is 37.3 Å². The Morgan fingerprint density at radius 3 is 2.69 bits per heavy atom. The Labute approximate surface area is 173 Å². The molecule has 2 aromatic heterocycles. The Kier molecular flexibility index (Phi) is 5.04. The van der Waals surface area contributed by atoms with E-state index in [1.807, 2.05) is 17.5 Å². The third kappa shape index (κ3) is 3.72. The van der Waals surface area contributed by atoms with Crippen molar-refractivity contribution in [1.82, 2.24) is 14.5 Å². The van der Waals surface area contributed by atoms with Crippen LogP contribution in [0.3, 0.4) is 0 Å². The lowest BCUT2D eigenvalue weighted by molar-refractivity contribution is 0.102. The van der Waals surface area contributed by atoms with Crippen molar-refractivity contribution in [3.05, 3.63) is 79.1 Å². The van der Waals surface area contributed by atoms with Crippen molar-refractivity contribution in [2.75, 3.05) is 5.32 Å². The molecule has 0 fully saturated rings. The highest BCUT2D eigenvalue weighted by molar-refractivity contribution is 7.14. The van der Waals surface area contributed by atoms with Gasteiger partial charge in [-0.2, -0.15) is 0 Å². The van der Waals surface area contributed by atoms with E-state index >= 15 is 0 Å². The second-order valence-corrected chi connectivity index (χ2v) is 7.53. The molecule has 0 aliphatic carbocycles. The maximum absolute atomic E-state index is 12.6. The highest BCUT2D eigenvalue weighted by Crippen LogP contribution is 2.26. The van der Waals surface area contributed by atoms with Crippen LogP contribution >= 0.6 is 22.9 Å². The zero-order valence-corrected chi connectivity index (χ0v) is 16.8. The second kappa shape index (κ2) is 7.65. The molecule has 0 saturated heterocycles. The van der Waals surface area contributed by atoms with Crippen LogP contribution in [0.5, 0.6) is 0 Å². The van der Waals surface area contributed by atoms with Gasteiger partial charge in [0, 0.05) is 28.1 Å². The maximum Gasteiger partial charge on any atom is 0.316 e. The van der Waals surface area contributed by atoms with Gasteiger partial charge < -0.3 is 9.55 Å². The van der Waals surface area contributed by atoms with Crippen LogP contribution in [0.2, 0.25) is 5.02 Å². The number of carbonyl (C=O) groups excluding carboxylic acids is 1. The minimum absolute atomic E-state index is 0.345. The van der Waals surface area contributed by atoms with Crippen molar-refractivity contribution in [3.63, 3.8) is 0 Å². The average Bonchev–Trinajstić information content (AvgIpc) is 3.17. The van der Waals surface area contributed by atoms with Gasteiger partial charge in [0.25, 0.3) is 5.91 Å². The minimum atomic E-state index is -0.718. The summed E-state index contributed by atoms with van der Waals surface area (Å²) in [5.41, 5.74) is 1.62. The van der Waals surface area contributed by atoms with Crippen LogP contribution < -0.4 is 16.4 Å². The quantitative estimate of drug-likeness (QED) is 0.486. The molecule has 9 heteroatoms. The van der Waals surface area contributed by atoms with E-state index < -0.39 is 11.1 Å². The molecule has 146 valence electrons. The van der Waals surface area contributed by atoms with Gasteiger partial charge in [0.2, 0.25) is 0 Å². The molecule has 2 N–H and O–H groups in total. The number of H-pyrrole nitrogens is 1. The van der Waals surface area contributed by atoms with Crippen LogP contribution in [0, 0.1) is 0 Å². The summed E-state index contributed by atoms with van der Waals surface area (Å²) in [5, 5.41) is 5.70. The summed E-state index contributed by atoms with van der Waals surface area (Å²) in [5.74, 6) is -0.362. The molecule has 29 heavy (non-hydrogen) atoms. The number of halogens is 1. The number of aromatic nitrogens is 3. The fourth-order valence-electron chi connectivity index (χ4n) is 2.99. The topological polar surface area (TPSA) is 96.9 Å². The summed E-state index contributed by atoms with van der Waals surface area (Å²) < 4.78 is 1.37. The van der Waals surface area contributed by atoms with E-state index in [4.69, 9.17) is 11.6 Å². The first-order chi connectivity index (χ1) is 14.0. The molecule has 0 aliphatic heterocycles. The van der Waals surface area contributed by atoms with Gasteiger partial charge in [-0.15, -0.1) is 11.3 Å². The van der Waals surface area contributed by atoms with E-state index in [0.717, 1.165) is 11.3 Å². The van der Waals surface area contributed by atoms with E-state index in [2.05, 4.69) is 15.3 Å². The van der Waals surface area contributed by atoms with E-state index in [9.17, 15) is 14.4 Å². The predicted molar refractivity (Wildman–Crippen MR) is 115 cm³/mol. The predicted octanol–water partition coefficient (Wildman–Crippen LogP) is 3.74. The van der Waals surface area contributed by atoms with Gasteiger partial charge in [0.15, 0.2) is 5.13 Å². The number of anilines is 1. The van der Waals surface area contributed by atoms with Crippen LogP contribution in [-0.4, -0.2) is 20.4 Å². The molecular weight excluding hydrogens is 412 g/mol. The smallest absolute Gasteiger partial charge is 0.316 e. The Balaban J connectivity index is 1.61. The summed E-state index contributed by atoms with van der Waals surface area (Å²) >= 11 is 7.21. The first-order valence-corrected chi connectivity index (χ1v) is 10.0. The molecule has 2 aromatic carbocycles. The number of amides is 1. The number of benzene rings is 2. The molecule has 4 rings (SSSR count). The third-order valence-corrected chi connectivity index (χ3v) is 5.43. The number of thiazole rings is 1. The number of hydrogen-bond donors (Lipinski definition) is 2. The van der Waals surface area contributed by atoms with Crippen LogP contribution in [0.1, 0.15) is 17.3 Å². The summed E-state index contributed by atoms with van der Waals surface area (Å²) in [6.07, 6.45) is 0. The molecular formula is C20H15ClN4O3S. The van der Waals surface area contributed by atoms with Crippen LogP contribution in [0.15, 0.2) is 57.4 Å². The lowest BCUT2D eigenvalue weighted by Gasteiger charge is -2.08. The molecule has 4 aromatic rings. The van der Waals surface area contributed by atoms with Gasteiger partial charge in [-0.25, -0.2) is 4.98 Å². The molecule has 0 atom stereocenters. The van der Waals surface area contributed by atoms with Crippen LogP contribution in [0.4, 0.5) is 5.13 Å².